The van der Waals surface area contributed by atoms with Crippen molar-refractivity contribution in [2.45, 2.75) is 38.1 Å². The van der Waals surface area contributed by atoms with E-state index in [0.717, 1.165) is 60.6 Å². The number of hydrogen-bond acceptors (Lipinski definition) is 4. The molecule has 27 heavy (non-hydrogen) atoms. The van der Waals surface area contributed by atoms with E-state index < -0.39 is 5.79 Å². The first kappa shape index (κ1) is 18.9. The molecular formula is C20H28ClN3O3+2. The molecule has 4 rings (SSSR count). The largest absolute Gasteiger partial charge is 0.379 e. The molecule has 0 radical (unpaired) electrons. The molecule has 1 aromatic heterocycles. The third-order valence-corrected chi connectivity index (χ3v) is 5.61. The summed E-state index contributed by atoms with van der Waals surface area (Å²) in [5.41, 5.74) is 1.80. The molecule has 0 amide bonds. The van der Waals surface area contributed by atoms with Crippen molar-refractivity contribution in [3.05, 3.63) is 35.5 Å². The Balaban J connectivity index is 1.28. The zero-order chi connectivity index (χ0) is 18.9. The molecule has 6 nitrogen and oxygen atoms in total. The van der Waals surface area contributed by atoms with Gasteiger partial charge in [0.2, 0.25) is 11.3 Å². The fourth-order valence-corrected chi connectivity index (χ4v) is 3.88. The Labute approximate surface area is 164 Å². The highest BCUT2D eigenvalue weighted by Crippen LogP contribution is 2.32. The zero-order valence-electron chi connectivity index (χ0n) is 15.9. The lowest BCUT2D eigenvalue weighted by Gasteiger charge is -2.44. The number of hydrogen-bond donors (Lipinski definition) is 2. The maximum Gasteiger partial charge on any atom is 0.214 e. The Kier molecular flexibility index (Phi) is 5.27. The number of piperidine rings is 1. The summed E-state index contributed by atoms with van der Waals surface area (Å²) in [6.45, 7) is 8.53. The Morgan fingerprint density at radius 2 is 2.00 bits per heavy atom. The maximum absolute atomic E-state index is 6.08. The van der Waals surface area contributed by atoms with Crippen molar-refractivity contribution in [1.82, 2.24) is 0 Å². The third kappa shape index (κ3) is 4.36. The lowest BCUT2D eigenvalue weighted by molar-refractivity contribution is -0.908. The molecule has 2 fully saturated rings. The number of benzene rings is 1. The molecule has 2 aromatic rings. The summed E-state index contributed by atoms with van der Waals surface area (Å²) in [7, 11) is 0. The van der Waals surface area contributed by atoms with Gasteiger partial charge in [0.1, 0.15) is 5.60 Å². The van der Waals surface area contributed by atoms with Gasteiger partial charge in [0.15, 0.2) is 6.20 Å². The number of H-pyrrole nitrogens is 1. The van der Waals surface area contributed by atoms with Crippen LogP contribution >= 0.6 is 11.6 Å². The van der Waals surface area contributed by atoms with E-state index in [9.17, 15) is 0 Å². The fourth-order valence-electron chi connectivity index (χ4n) is 3.71. The summed E-state index contributed by atoms with van der Waals surface area (Å²) in [4.78, 5) is 16.0. The number of halogens is 1. The van der Waals surface area contributed by atoms with Gasteiger partial charge in [0, 0.05) is 17.2 Å². The topological polar surface area (TPSA) is 58.3 Å². The number of aromatic amines is 1. The van der Waals surface area contributed by atoms with Crippen LogP contribution in [-0.2, 0) is 14.5 Å². The minimum absolute atomic E-state index is 0.362. The molecule has 2 saturated heterocycles. The monoisotopic (exact) mass is 393 g/mol. The Morgan fingerprint density at radius 1 is 1.19 bits per heavy atom. The van der Waals surface area contributed by atoms with Crippen LogP contribution in [0.15, 0.2) is 30.5 Å². The summed E-state index contributed by atoms with van der Waals surface area (Å²) < 4.78 is 6.01. The number of likely N-dealkylation sites (tertiary alicyclic amines) is 1. The van der Waals surface area contributed by atoms with Gasteiger partial charge in [-0.15, -0.1) is 0 Å². The molecule has 146 valence electrons. The predicted octanol–water partition coefficient (Wildman–Crippen LogP) is 1.85. The molecule has 3 N–H and O–H groups in total. The number of anilines is 1. The van der Waals surface area contributed by atoms with E-state index in [1.165, 1.54) is 0 Å². The van der Waals surface area contributed by atoms with E-state index >= 15 is 0 Å². The minimum Gasteiger partial charge on any atom is -0.379 e. The van der Waals surface area contributed by atoms with Gasteiger partial charge in [0.25, 0.3) is 0 Å². The van der Waals surface area contributed by atoms with Crippen LogP contribution in [0.25, 0.3) is 10.9 Å². The highest BCUT2D eigenvalue weighted by Gasteiger charge is 2.46. The third-order valence-electron chi connectivity index (χ3n) is 5.38. The Morgan fingerprint density at radius 3 is 2.74 bits per heavy atom. The minimum atomic E-state index is -0.544. The average Bonchev–Trinajstić information content (AvgIpc) is 2.66. The van der Waals surface area contributed by atoms with Gasteiger partial charge in [-0.05, 0) is 26.0 Å². The van der Waals surface area contributed by atoms with Gasteiger partial charge in [-0.3, -0.25) is 0 Å². The SMILES string of the molecule is CC1(C)COC2(CC[NH+](CCNc3cc[nH+]c4cc(Cl)ccc34)CC2)OO1. The van der Waals surface area contributed by atoms with Crippen LogP contribution in [0.3, 0.4) is 0 Å². The number of ether oxygens (including phenoxy) is 1. The van der Waals surface area contributed by atoms with E-state index in [0.29, 0.717) is 6.61 Å². The quantitative estimate of drug-likeness (QED) is 0.778. The number of aromatic nitrogens is 1. The van der Waals surface area contributed by atoms with Crippen LogP contribution < -0.4 is 15.2 Å². The molecular weight excluding hydrogens is 366 g/mol. The lowest BCUT2D eigenvalue weighted by Crippen LogP contribution is -3.14. The van der Waals surface area contributed by atoms with E-state index in [1.54, 1.807) is 4.90 Å². The van der Waals surface area contributed by atoms with E-state index in [4.69, 9.17) is 26.1 Å². The number of fused-ring (bicyclic) bond motifs is 1. The van der Waals surface area contributed by atoms with Crippen molar-refractivity contribution in [1.29, 1.82) is 0 Å². The second kappa shape index (κ2) is 7.53. The summed E-state index contributed by atoms with van der Waals surface area (Å²) in [6, 6.07) is 7.99. The smallest absolute Gasteiger partial charge is 0.214 e. The second-order valence-corrected chi connectivity index (χ2v) is 8.57. The standard InChI is InChI=1S/C20H26ClN3O3/c1-19(2)14-25-20(27-26-19)6-10-24(11-7-20)12-9-23-17-5-8-22-18-13-15(21)3-4-16(17)18/h3-5,8,13H,6-7,9-12,14H2,1-2H3,(H,22,23)/p+2. The number of rotatable bonds is 4. The molecule has 1 spiro atoms. The van der Waals surface area contributed by atoms with Crippen molar-refractivity contribution in [2.24, 2.45) is 0 Å². The molecule has 2 aliphatic rings. The van der Waals surface area contributed by atoms with Crippen LogP contribution in [-0.4, -0.2) is 44.2 Å². The number of nitrogens with one attached hydrogen (secondary N) is 3. The van der Waals surface area contributed by atoms with E-state index in [1.807, 2.05) is 38.2 Å². The van der Waals surface area contributed by atoms with Crippen LogP contribution in [0.2, 0.25) is 5.02 Å². The fraction of sp³-hybridized carbons (Fsp3) is 0.550. The maximum atomic E-state index is 6.08. The molecule has 0 atom stereocenters. The van der Waals surface area contributed by atoms with Crippen LogP contribution in [0, 0.1) is 0 Å². The molecule has 0 aliphatic carbocycles. The van der Waals surface area contributed by atoms with Crippen LogP contribution in [0.5, 0.6) is 0 Å². The Bertz CT molecular complexity index is 794. The number of pyridine rings is 1. The molecule has 1 aromatic carbocycles. The average molecular weight is 394 g/mol. The molecule has 0 saturated carbocycles. The van der Waals surface area contributed by atoms with E-state index in [2.05, 4.69) is 16.4 Å². The van der Waals surface area contributed by atoms with Gasteiger partial charge in [0.05, 0.1) is 56.7 Å². The number of quaternary nitrogens is 1. The van der Waals surface area contributed by atoms with E-state index in [-0.39, 0.29) is 5.60 Å². The lowest BCUT2D eigenvalue weighted by atomic mass is 10.0. The van der Waals surface area contributed by atoms with Crippen LogP contribution in [0.4, 0.5) is 5.69 Å². The van der Waals surface area contributed by atoms with Crippen molar-refractivity contribution in [3.8, 4) is 0 Å². The van der Waals surface area contributed by atoms with Crippen molar-refractivity contribution < 1.29 is 24.4 Å². The predicted molar refractivity (Wildman–Crippen MR) is 104 cm³/mol. The second-order valence-electron chi connectivity index (χ2n) is 8.13. The van der Waals surface area contributed by atoms with Crippen molar-refractivity contribution in [3.63, 3.8) is 0 Å². The zero-order valence-corrected chi connectivity index (χ0v) is 16.7. The van der Waals surface area contributed by atoms with Gasteiger partial charge in [-0.2, -0.15) is 4.89 Å². The molecule has 2 aliphatic heterocycles. The Hall–Kier alpha value is -1.44. The normalized spacial score (nSPS) is 27.7. The molecule has 0 unspecified atom stereocenters. The van der Waals surface area contributed by atoms with Gasteiger partial charge < -0.3 is 15.0 Å². The summed E-state index contributed by atoms with van der Waals surface area (Å²) in [6.07, 6.45) is 3.66. The van der Waals surface area contributed by atoms with Gasteiger partial charge in [-0.25, -0.2) is 9.87 Å². The molecule has 3 heterocycles. The van der Waals surface area contributed by atoms with Crippen LogP contribution in [0.1, 0.15) is 26.7 Å². The summed E-state index contributed by atoms with van der Waals surface area (Å²) in [5, 5.41) is 5.45. The van der Waals surface area contributed by atoms with Gasteiger partial charge >= 0.3 is 0 Å². The molecule has 0 bridgehead atoms. The first-order valence-electron chi connectivity index (χ1n) is 9.63. The van der Waals surface area contributed by atoms with Crippen molar-refractivity contribution >= 4 is 28.2 Å². The summed E-state index contributed by atoms with van der Waals surface area (Å²) in [5.74, 6) is -0.544. The van der Waals surface area contributed by atoms with Crippen molar-refractivity contribution in [2.75, 3.05) is 38.1 Å². The first-order valence-corrected chi connectivity index (χ1v) is 10.0. The first-order chi connectivity index (χ1) is 12.9. The summed E-state index contributed by atoms with van der Waals surface area (Å²) >= 11 is 6.08. The molecule has 7 heteroatoms. The highest BCUT2D eigenvalue weighted by atomic mass is 35.5. The highest BCUT2D eigenvalue weighted by molar-refractivity contribution is 6.31. The van der Waals surface area contributed by atoms with Gasteiger partial charge in [-0.1, -0.05) is 11.6 Å².